The average Bonchev–Trinajstić information content (AvgIpc) is 2.75. The SMILES string of the molecule is COc1ccc(SC=CC(=Nc2ccccc2)Sc2ccc(OC)cc2)cc1. The highest BCUT2D eigenvalue weighted by atomic mass is 32.2. The minimum absolute atomic E-state index is 0.844. The first-order chi connectivity index (χ1) is 13.8. The molecule has 3 aromatic rings. The molecule has 3 rings (SSSR count). The molecule has 0 aliphatic rings. The molecule has 0 aliphatic heterocycles. The highest BCUT2D eigenvalue weighted by molar-refractivity contribution is 8.14. The summed E-state index contributed by atoms with van der Waals surface area (Å²) in [5.74, 6) is 1.70. The molecule has 5 heteroatoms. The van der Waals surface area contributed by atoms with E-state index in [1.54, 1.807) is 37.7 Å². The predicted molar refractivity (Wildman–Crippen MR) is 120 cm³/mol. The van der Waals surface area contributed by atoms with Crippen LogP contribution in [0.1, 0.15) is 0 Å². The van der Waals surface area contributed by atoms with Crippen molar-refractivity contribution in [2.45, 2.75) is 9.79 Å². The minimum atomic E-state index is 0.844. The number of hydrogen-bond acceptors (Lipinski definition) is 5. The number of rotatable bonds is 7. The number of ether oxygens (including phenoxy) is 2. The molecule has 0 spiro atoms. The molecule has 0 bridgehead atoms. The van der Waals surface area contributed by atoms with Gasteiger partial charge < -0.3 is 9.47 Å². The van der Waals surface area contributed by atoms with Crippen LogP contribution in [0.4, 0.5) is 5.69 Å². The van der Waals surface area contributed by atoms with Crippen LogP contribution in [0.15, 0.2) is 105 Å². The normalized spacial score (nSPS) is 11.6. The third-order valence-electron chi connectivity index (χ3n) is 3.75. The van der Waals surface area contributed by atoms with Gasteiger partial charge in [-0.3, -0.25) is 0 Å². The van der Waals surface area contributed by atoms with Crippen LogP contribution < -0.4 is 9.47 Å². The van der Waals surface area contributed by atoms with Gasteiger partial charge in [0.25, 0.3) is 0 Å². The summed E-state index contributed by atoms with van der Waals surface area (Å²) in [5, 5.41) is 2.97. The van der Waals surface area contributed by atoms with Gasteiger partial charge in [0.05, 0.1) is 19.9 Å². The molecule has 142 valence electrons. The molecule has 0 amide bonds. The van der Waals surface area contributed by atoms with Crippen molar-refractivity contribution in [1.82, 2.24) is 0 Å². The lowest BCUT2D eigenvalue weighted by molar-refractivity contribution is 0.414. The maximum absolute atomic E-state index is 5.23. The van der Waals surface area contributed by atoms with Crippen molar-refractivity contribution in [2.24, 2.45) is 4.99 Å². The maximum atomic E-state index is 5.23. The molecule has 0 saturated heterocycles. The van der Waals surface area contributed by atoms with Crippen molar-refractivity contribution in [3.63, 3.8) is 0 Å². The second kappa shape index (κ2) is 10.6. The van der Waals surface area contributed by atoms with Gasteiger partial charge in [0.1, 0.15) is 16.5 Å². The summed E-state index contributed by atoms with van der Waals surface area (Å²) in [7, 11) is 3.34. The summed E-state index contributed by atoms with van der Waals surface area (Å²) in [5.41, 5.74) is 0.928. The largest absolute Gasteiger partial charge is 0.497 e. The number of benzene rings is 3. The lowest BCUT2D eigenvalue weighted by atomic mass is 10.3. The summed E-state index contributed by atoms with van der Waals surface area (Å²) < 4.78 is 10.4. The van der Waals surface area contributed by atoms with Crippen LogP contribution in [-0.4, -0.2) is 19.3 Å². The highest BCUT2D eigenvalue weighted by Gasteiger charge is 2.02. The number of methoxy groups -OCH3 is 2. The molecule has 0 saturated carbocycles. The zero-order chi connectivity index (χ0) is 19.6. The van der Waals surface area contributed by atoms with E-state index in [4.69, 9.17) is 14.5 Å². The van der Waals surface area contributed by atoms with E-state index < -0.39 is 0 Å². The van der Waals surface area contributed by atoms with Crippen molar-refractivity contribution in [3.8, 4) is 11.5 Å². The molecular weight excluding hydrogens is 386 g/mol. The summed E-state index contributed by atoms with van der Waals surface area (Å²) in [6.45, 7) is 0. The molecule has 0 atom stereocenters. The quantitative estimate of drug-likeness (QED) is 0.244. The Hall–Kier alpha value is -2.63. The first kappa shape index (κ1) is 20.1. The summed E-state index contributed by atoms with van der Waals surface area (Å²) >= 11 is 3.26. The van der Waals surface area contributed by atoms with Crippen LogP contribution in [0.25, 0.3) is 0 Å². The monoisotopic (exact) mass is 407 g/mol. The fourth-order valence-electron chi connectivity index (χ4n) is 2.31. The first-order valence-corrected chi connectivity index (χ1v) is 10.4. The van der Waals surface area contributed by atoms with Gasteiger partial charge in [0.15, 0.2) is 0 Å². The fourth-order valence-corrected chi connectivity index (χ4v) is 3.85. The van der Waals surface area contributed by atoms with Gasteiger partial charge in [0.2, 0.25) is 0 Å². The van der Waals surface area contributed by atoms with Crippen LogP contribution >= 0.6 is 23.5 Å². The Balaban J connectivity index is 1.75. The minimum Gasteiger partial charge on any atom is -0.497 e. The van der Waals surface area contributed by atoms with E-state index >= 15 is 0 Å². The van der Waals surface area contributed by atoms with Gasteiger partial charge in [0, 0.05) is 9.79 Å². The van der Waals surface area contributed by atoms with E-state index in [9.17, 15) is 0 Å². The zero-order valence-corrected chi connectivity index (χ0v) is 17.4. The van der Waals surface area contributed by atoms with E-state index in [1.807, 2.05) is 84.9 Å². The molecular formula is C23H21NO2S2. The van der Waals surface area contributed by atoms with Gasteiger partial charge >= 0.3 is 0 Å². The lowest BCUT2D eigenvalue weighted by Crippen LogP contribution is -1.87. The topological polar surface area (TPSA) is 30.8 Å². The van der Waals surface area contributed by atoms with Gasteiger partial charge in [-0.15, -0.1) is 0 Å². The Labute approximate surface area is 174 Å². The van der Waals surface area contributed by atoms with Crippen molar-refractivity contribution in [1.29, 1.82) is 0 Å². The van der Waals surface area contributed by atoms with Crippen molar-refractivity contribution >= 4 is 34.3 Å². The molecule has 0 radical (unpaired) electrons. The smallest absolute Gasteiger partial charge is 0.118 e. The van der Waals surface area contributed by atoms with Crippen molar-refractivity contribution in [2.75, 3.05) is 14.2 Å². The van der Waals surface area contributed by atoms with Crippen LogP contribution in [0, 0.1) is 0 Å². The number of aliphatic imine (C=N–C) groups is 1. The van der Waals surface area contributed by atoms with E-state index in [0.29, 0.717) is 0 Å². The van der Waals surface area contributed by atoms with Crippen LogP contribution in [-0.2, 0) is 0 Å². The lowest BCUT2D eigenvalue weighted by Gasteiger charge is -2.05. The van der Waals surface area contributed by atoms with Gasteiger partial charge in [-0.05, 0) is 72.1 Å². The molecule has 0 aliphatic carbocycles. The second-order valence-corrected chi connectivity index (χ2v) is 7.73. The molecule has 0 N–H and O–H groups in total. The summed E-state index contributed by atoms with van der Waals surface area (Å²) in [6.07, 6.45) is 2.04. The van der Waals surface area contributed by atoms with Crippen LogP contribution in [0.3, 0.4) is 0 Å². The van der Waals surface area contributed by atoms with Gasteiger partial charge in [-0.1, -0.05) is 41.7 Å². The first-order valence-electron chi connectivity index (χ1n) is 8.70. The van der Waals surface area contributed by atoms with Crippen LogP contribution in [0.2, 0.25) is 0 Å². The third-order valence-corrected chi connectivity index (χ3v) is 5.51. The third kappa shape index (κ3) is 6.22. The van der Waals surface area contributed by atoms with Gasteiger partial charge in [-0.2, -0.15) is 0 Å². The zero-order valence-electron chi connectivity index (χ0n) is 15.7. The Kier molecular flexibility index (Phi) is 7.64. The summed E-state index contributed by atoms with van der Waals surface area (Å²) in [4.78, 5) is 7.03. The number of thioether (sulfide) groups is 2. The summed E-state index contributed by atoms with van der Waals surface area (Å²) in [6, 6.07) is 26.0. The Morgan fingerprint density at radius 2 is 1.32 bits per heavy atom. The maximum Gasteiger partial charge on any atom is 0.118 e. The molecule has 3 nitrogen and oxygen atoms in total. The standard InChI is InChI=1S/C23H21NO2S2/c1-25-19-8-12-21(13-9-19)27-17-16-23(24-18-6-4-3-5-7-18)28-22-14-10-20(26-2)11-15-22/h3-17H,1-2H3. The molecule has 0 fully saturated rings. The number of para-hydroxylation sites is 1. The Bertz CT molecular complexity index is 921. The Morgan fingerprint density at radius 3 is 1.89 bits per heavy atom. The Morgan fingerprint density at radius 1 is 0.750 bits per heavy atom. The van der Waals surface area contributed by atoms with E-state index in [2.05, 4.69) is 5.41 Å². The van der Waals surface area contributed by atoms with Crippen molar-refractivity contribution in [3.05, 3.63) is 90.3 Å². The number of nitrogens with zero attached hydrogens (tertiary/aromatic N) is 1. The van der Waals surface area contributed by atoms with Crippen molar-refractivity contribution < 1.29 is 9.47 Å². The predicted octanol–water partition coefficient (Wildman–Crippen LogP) is 6.83. The van der Waals surface area contributed by atoms with E-state index in [1.165, 1.54) is 0 Å². The van der Waals surface area contributed by atoms with Crippen LogP contribution in [0.5, 0.6) is 11.5 Å². The molecule has 0 aromatic heterocycles. The van der Waals surface area contributed by atoms with Gasteiger partial charge in [-0.25, -0.2) is 4.99 Å². The molecule has 0 heterocycles. The molecule has 0 unspecified atom stereocenters. The number of hydrogen-bond donors (Lipinski definition) is 0. The van der Waals surface area contributed by atoms with E-state index in [0.717, 1.165) is 32.0 Å². The molecule has 28 heavy (non-hydrogen) atoms. The fraction of sp³-hybridized carbons (Fsp3) is 0.0870. The molecule has 3 aromatic carbocycles. The highest BCUT2D eigenvalue weighted by Crippen LogP contribution is 2.27. The second-order valence-electron chi connectivity index (χ2n) is 5.66. The van der Waals surface area contributed by atoms with E-state index in [-0.39, 0.29) is 0 Å². The average molecular weight is 408 g/mol.